The molecule has 1 saturated heterocycles. The van der Waals surface area contributed by atoms with Crippen molar-refractivity contribution in [2.45, 2.75) is 25.8 Å². The predicted octanol–water partition coefficient (Wildman–Crippen LogP) is 2.65. The van der Waals surface area contributed by atoms with Crippen LogP contribution in [-0.2, 0) is 4.74 Å². The number of rotatable bonds is 9. The third kappa shape index (κ3) is 7.28. The van der Waals surface area contributed by atoms with Gasteiger partial charge in [0.1, 0.15) is 5.75 Å². The molecule has 0 aliphatic carbocycles. The number of benzene rings is 1. The maximum Gasteiger partial charge on any atom is 0.191 e. The van der Waals surface area contributed by atoms with E-state index in [-0.39, 0.29) is 30.0 Å². The third-order valence-corrected chi connectivity index (χ3v) is 4.43. The SMILES string of the molecule is CCNC(=NCC(c1cccc(OC)c1)N1CCCC1)NCCOC.I. The predicted molar refractivity (Wildman–Crippen MR) is 118 cm³/mol. The first kappa shape index (κ1) is 23.0. The largest absolute Gasteiger partial charge is 0.497 e. The van der Waals surface area contributed by atoms with Gasteiger partial charge in [-0.3, -0.25) is 9.89 Å². The van der Waals surface area contributed by atoms with Crippen LogP contribution in [0.25, 0.3) is 0 Å². The van der Waals surface area contributed by atoms with Crippen molar-refractivity contribution < 1.29 is 9.47 Å². The average Bonchev–Trinajstić information content (AvgIpc) is 3.16. The summed E-state index contributed by atoms with van der Waals surface area (Å²) in [5, 5.41) is 6.61. The van der Waals surface area contributed by atoms with Crippen LogP contribution in [-0.4, -0.2) is 64.4 Å². The van der Waals surface area contributed by atoms with E-state index in [1.54, 1.807) is 14.2 Å². The monoisotopic (exact) mass is 476 g/mol. The molecule has 1 aliphatic heterocycles. The average molecular weight is 476 g/mol. The molecule has 1 aromatic rings. The minimum Gasteiger partial charge on any atom is -0.497 e. The molecule has 1 aromatic carbocycles. The van der Waals surface area contributed by atoms with Crippen LogP contribution in [0.2, 0.25) is 0 Å². The number of likely N-dealkylation sites (tertiary alicyclic amines) is 1. The summed E-state index contributed by atoms with van der Waals surface area (Å²) >= 11 is 0. The van der Waals surface area contributed by atoms with Gasteiger partial charge in [-0.2, -0.15) is 0 Å². The van der Waals surface area contributed by atoms with Crippen molar-refractivity contribution in [2.75, 3.05) is 53.6 Å². The minimum absolute atomic E-state index is 0. The van der Waals surface area contributed by atoms with Crippen LogP contribution in [0.5, 0.6) is 5.75 Å². The molecule has 1 fully saturated rings. The number of hydrogen-bond acceptors (Lipinski definition) is 4. The lowest BCUT2D eigenvalue weighted by atomic mass is 10.1. The molecule has 1 atom stereocenters. The summed E-state index contributed by atoms with van der Waals surface area (Å²) in [5.74, 6) is 1.74. The van der Waals surface area contributed by atoms with E-state index in [0.717, 1.165) is 44.4 Å². The summed E-state index contributed by atoms with van der Waals surface area (Å²) < 4.78 is 10.5. The maximum atomic E-state index is 5.40. The summed E-state index contributed by atoms with van der Waals surface area (Å²) in [6.07, 6.45) is 2.52. The quantitative estimate of drug-likeness (QED) is 0.249. The zero-order valence-electron chi connectivity index (χ0n) is 16.2. The van der Waals surface area contributed by atoms with Gasteiger partial charge >= 0.3 is 0 Å². The standard InChI is InChI=1S/C19H32N4O2.HI/c1-4-20-19(21-10-13-24-2)22-15-18(23-11-5-6-12-23)16-8-7-9-17(14-16)25-3;/h7-9,14,18H,4-6,10-13,15H2,1-3H3,(H2,20,21,22);1H. The topological polar surface area (TPSA) is 58.1 Å². The van der Waals surface area contributed by atoms with Crippen LogP contribution in [0.3, 0.4) is 0 Å². The molecule has 0 aromatic heterocycles. The Hall–Kier alpha value is -1.06. The van der Waals surface area contributed by atoms with Crippen LogP contribution in [0.1, 0.15) is 31.4 Å². The first-order chi connectivity index (χ1) is 12.3. The molecule has 0 radical (unpaired) electrons. The second-order valence-electron chi connectivity index (χ2n) is 6.17. The number of ether oxygens (including phenoxy) is 2. The highest BCUT2D eigenvalue weighted by atomic mass is 127. The second kappa shape index (κ2) is 13.2. The van der Waals surface area contributed by atoms with Gasteiger partial charge in [-0.1, -0.05) is 12.1 Å². The van der Waals surface area contributed by atoms with E-state index in [4.69, 9.17) is 14.5 Å². The fourth-order valence-corrected chi connectivity index (χ4v) is 3.12. The van der Waals surface area contributed by atoms with Crippen molar-refractivity contribution in [2.24, 2.45) is 4.99 Å². The molecule has 148 valence electrons. The molecule has 1 heterocycles. The normalized spacial score (nSPS) is 16.0. The summed E-state index contributed by atoms with van der Waals surface area (Å²) in [7, 11) is 3.42. The van der Waals surface area contributed by atoms with Gasteiger partial charge in [0.2, 0.25) is 0 Å². The lowest BCUT2D eigenvalue weighted by Gasteiger charge is -2.27. The van der Waals surface area contributed by atoms with Gasteiger partial charge in [0, 0.05) is 20.2 Å². The van der Waals surface area contributed by atoms with Crippen molar-refractivity contribution in [3.05, 3.63) is 29.8 Å². The van der Waals surface area contributed by atoms with Gasteiger partial charge in [0.25, 0.3) is 0 Å². The fraction of sp³-hybridized carbons (Fsp3) is 0.632. The molecule has 0 saturated carbocycles. The molecule has 2 rings (SSSR count). The van der Waals surface area contributed by atoms with Gasteiger partial charge in [-0.15, -0.1) is 24.0 Å². The van der Waals surface area contributed by atoms with Crippen molar-refractivity contribution in [1.29, 1.82) is 0 Å². The number of guanidine groups is 1. The Morgan fingerprint density at radius 2 is 2.00 bits per heavy atom. The molecule has 7 heteroatoms. The zero-order chi connectivity index (χ0) is 17.9. The molecule has 0 bridgehead atoms. The van der Waals surface area contributed by atoms with Crippen molar-refractivity contribution in [3.8, 4) is 5.75 Å². The summed E-state index contributed by atoms with van der Waals surface area (Å²) in [6, 6.07) is 8.62. The van der Waals surface area contributed by atoms with Crippen LogP contribution in [0.4, 0.5) is 0 Å². The maximum absolute atomic E-state index is 5.40. The highest BCUT2D eigenvalue weighted by Crippen LogP contribution is 2.27. The highest BCUT2D eigenvalue weighted by molar-refractivity contribution is 14.0. The van der Waals surface area contributed by atoms with Crippen LogP contribution in [0, 0.1) is 0 Å². The molecular formula is C19H33IN4O2. The molecule has 1 aliphatic rings. The Labute approximate surface area is 174 Å². The fourth-order valence-electron chi connectivity index (χ4n) is 3.12. The number of methoxy groups -OCH3 is 2. The number of aliphatic imine (C=N–C) groups is 1. The molecule has 26 heavy (non-hydrogen) atoms. The molecule has 0 amide bonds. The van der Waals surface area contributed by atoms with E-state index in [2.05, 4.69) is 40.7 Å². The van der Waals surface area contributed by atoms with E-state index in [0.29, 0.717) is 6.61 Å². The Morgan fingerprint density at radius 3 is 2.65 bits per heavy atom. The summed E-state index contributed by atoms with van der Waals surface area (Å²) in [5.41, 5.74) is 1.26. The summed E-state index contributed by atoms with van der Waals surface area (Å²) in [4.78, 5) is 7.34. The van der Waals surface area contributed by atoms with Crippen molar-refractivity contribution in [3.63, 3.8) is 0 Å². The lowest BCUT2D eigenvalue weighted by Crippen LogP contribution is -2.39. The Balaban J connectivity index is 0.00000338. The van der Waals surface area contributed by atoms with E-state index in [1.165, 1.54) is 18.4 Å². The Bertz CT molecular complexity index is 536. The second-order valence-corrected chi connectivity index (χ2v) is 6.17. The van der Waals surface area contributed by atoms with Crippen LogP contribution >= 0.6 is 24.0 Å². The Kier molecular flexibility index (Phi) is 11.6. The third-order valence-electron chi connectivity index (χ3n) is 4.43. The van der Waals surface area contributed by atoms with Crippen LogP contribution in [0.15, 0.2) is 29.3 Å². The Morgan fingerprint density at radius 1 is 1.23 bits per heavy atom. The van der Waals surface area contributed by atoms with E-state index >= 15 is 0 Å². The van der Waals surface area contributed by atoms with Gasteiger partial charge in [-0.25, -0.2) is 0 Å². The smallest absolute Gasteiger partial charge is 0.191 e. The first-order valence-corrected chi connectivity index (χ1v) is 9.17. The number of hydrogen-bond donors (Lipinski definition) is 2. The van der Waals surface area contributed by atoms with E-state index < -0.39 is 0 Å². The first-order valence-electron chi connectivity index (χ1n) is 9.17. The lowest BCUT2D eigenvalue weighted by molar-refractivity contribution is 0.203. The van der Waals surface area contributed by atoms with Gasteiger partial charge < -0.3 is 20.1 Å². The molecule has 6 nitrogen and oxygen atoms in total. The van der Waals surface area contributed by atoms with E-state index in [9.17, 15) is 0 Å². The van der Waals surface area contributed by atoms with Gasteiger partial charge in [-0.05, 0) is 50.6 Å². The van der Waals surface area contributed by atoms with Gasteiger partial charge in [0.15, 0.2) is 5.96 Å². The highest BCUT2D eigenvalue weighted by Gasteiger charge is 2.23. The number of nitrogens with zero attached hydrogens (tertiary/aromatic N) is 2. The van der Waals surface area contributed by atoms with Crippen molar-refractivity contribution in [1.82, 2.24) is 15.5 Å². The van der Waals surface area contributed by atoms with E-state index in [1.807, 2.05) is 6.07 Å². The van der Waals surface area contributed by atoms with Crippen LogP contribution < -0.4 is 15.4 Å². The molecular weight excluding hydrogens is 443 g/mol. The van der Waals surface area contributed by atoms with Crippen molar-refractivity contribution >= 4 is 29.9 Å². The summed E-state index contributed by atoms with van der Waals surface area (Å²) in [6.45, 7) is 7.30. The number of nitrogens with one attached hydrogen (secondary N) is 2. The van der Waals surface area contributed by atoms with Gasteiger partial charge in [0.05, 0.1) is 26.3 Å². The molecule has 2 N–H and O–H groups in total. The number of halogens is 1. The minimum atomic E-state index is 0. The zero-order valence-corrected chi connectivity index (χ0v) is 18.5. The molecule has 0 spiro atoms. The molecule has 1 unspecified atom stereocenters.